The van der Waals surface area contributed by atoms with Crippen LogP contribution in [0.15, 0.2) is 59.9 Å². The largest absolute Gasteiger partial charge is 0.497 e. The first-order chi connectivity index (χ1) is 13.9. The van der Waals surface area contributed by atoms with Gasteiger partial charge in [-0.2, -0.15) is 0 Å². The van der Waals surface area contributed by atoms with Crippen molar-refractivity contribution < 1.29 is 26.7 Å². The average Bonchev–Trinajstić information content (AvgIpc) is 2.74. The summed E-state index contributed by atoms with van der Waals surface area (Å²) in [6, 6.07) is 8.68. The van der Waals surface area contributed by atoms with E-state index >= 15 is 0 Å². The van der Waals surface area contributed by atoms with E-state index in [4.69, 9.17) is 9.47 Å². The van der Waals surface area contributed by atoms with Crippen LogP contribution < -0.4 is 13.8 Å². The van der Waals surface area contributed by atoms with E-state index in [1.54, 1.807) is 18.2 Å². The second-order valence-corrected chi connectivity index (χ2v) is 7.70. The molecule has 0 saturated carbocycles. The lowest BCUT2D eigenvalue weighted by atomic mass is 10.2. The molecule has 0 unspecified atom stereocenters. The fraction of sp³-hybridized carbons (Fsp3) is 0.158. The third kappa shape index (κ3) is 4.27. The van der Waals surface area contributed by atoms with Crippen molar-refractivity contribution in [3.63, 3.8) is 0 Å². The Morgan fingerprint density at radius 1 is 1.00 bits per heavy atom. The van der Waals surface area contributed by atoms with Crippen molar-refractivity contribution in [1.29, 1.82) is 0 Å². The number of ether oxygens (including phenoxy) is 2. The summed E-state index contributed by atoms with van der Waals surface area (Å²) in [6.45, 7) is -0.175. The van der Waals surface area contributed by atoms with Gasteiger partial charge in [0.05, 0.1) is 25.7 Å². The summed E-state index contributed by atoms with van der Waals surface area (Å²) in [4.78, 5) is 7.37. The highest BCUT2D eigenvalue weighted by Crippen LogP contribution is 2.30. The molecule has 0 radical (unpaired) electrons. The van der Waals surface area contributed by atoms with Crippen LogP contribution in [0, 0.1) is 11.6 Å². The quantitative estimate of drug-likeness (QED) is 0.583. The summed E-state index contributed by atoms with van der Waals surface area (Å²) < 4.78 is 64.9. The van der Waals surface area contributed by atoms with E-state index in [0.717, 1.165) is 16.4 Å². The number of methoxy groups -OCH3 is 2. The molecule has 0 bridgehead atoms. The Morgan fingerprint density at radius 2 is 1.79 bits per heavy atom. The molecule has 0 aliphatic carbocycles. The van der Waals surface area contributed by atoms with Gasteiger partial charge in [0.1, 0.15) is 23.6 Å². The van der Waals surface area contributed by atoms with Crippen molar-refractivity contribution in [3.05, 3.63) is 72.2 Å². The molecular formula is C19H17F2N3O4S. The van der Waals surface area contributed by atoms with Gasteiger partial charge in [-0.3, -0.25) is 0 Å². The minimum atomic E-state index is -4.28. The maximum absolute atomic E-state index is 13.7. The monoisotopic (exact) mass is 421 g/mol. The van der Waals surface area contributed by atoms with Crippen LogP contribution in [0.4, 0.5) is 14.6 Å². The van der Waals surface area contributed by atoms with Crippen LogP contribution in [0.25, 0.3) is 0 Å². The summed E-state index contributed by atoms with van der Waals surface area (Å²) in [6.07, 6.45) is 2.57. The fourth-order valence-electron chi connectivity index (χ4n) is 2.62. The number of aromatic nitrogens is 2. The second-order valence-electron chi connectivity index (χ2n) is 5.83. The van der Waals surface area contributed by atoms with Crippen molar-refractivity contribution >= 4 is 15.8 Å². The van der Waals surface area contributed by atoms with Crippen LogP contribution in [0.5, 0.6) is 11.5 Å². The highest BCUT2D eigenvalue weighted by molar-refractivity contribution is 7.92. The second kappa shape index (κ2) is 8.39. The Hall–Kier alpha value is -3.27. The number of benzene rings is 2. The lowest BCUT2D eigenvalue weighted by molar-refractivity contribution is 0.391. The van der Waals surface area contributed by atoms with Gasteiger partial charge in [-0.15, -0.1) is 0 Å². The van der Waals surface area contributed by atoms with Gasteiger partial charge in [-0.1, -0.05) is 0 Å². The van der Waals surface area contributed by atoms with E-state index in [1.165, 1.54) is 32.8 Å². The van der Waals surface area contributed by atoms with Gasteiger partial charge in [0.25, 0.3) is 10.0 Å². The van der Waals surface area contributed by atoms with Crippen molar-refractivity contribution in [2.45, 2.75) is 11.4 Å². The van der Waals surface area contributed by atoms with E-state index in [-0.39, 0.29) is 12.4 Å². The molecule has 0 spiro atoms. The Bertz CT molecular complexity index is 1110. The van der Waals surface area contributed by atoms with E-state index < -0.39 is 26.6 Å². The first-order valence-electron chi connectivity index (χ1n) is 8.31. The molecule has 0 amide bonds. The summed E-state index contributed by atoms with van der Waals surface area (Å²) in [7, 11) is -1.35. The molecule has 2 aromatic carbocycles. The average molecular weight is 421 g/mol. The first kappa shape index (κ1) is 20.5. The molecule has 0 aliphatic rings. The van der Waals surface area contributed by atoms with Crippen molar-refractivity contribution in [1.82, 2.24) is 9.97 Å². The Morgan fingerprint density at radius 3 is 2.41 bits per heavy atom. The number of halogens is 2. The molecule has 1 heterocycles. The van der Waals surface area contributed by atoms with Crippen molar-refractivity contribution in [2.75, 3.05) is 18.5 Å². The topological polar surface area (TPSA) is 81.6 Å². The molecule has 0 aliphatic heterocycles. The number of hydrogen-bond acceptors (Lipinski definition) is 6. The van der Waals surface area contributed by atoms with Gasteiger partial charge in [-0.05, 0) is 30.3 Å². The minimum absolute atomic E-state index is 0.0580. The maximum atomic E-state index is 13.7. The Labute approximate surface area is 166 Å². The molecule has 0 saturated heterocycles. The highest BCUT2D eigenvalue weighted by Gasteiger charge is 2.28. The number of anilines is 1. The van der Waals surface area contributed by atoms with Gasteiger partial charge in [0, 0.05) is 23.9 Å². The Kier molecular flexibility index (Phi) is 5.92. The van der Waals surface area contributed by atoms with E-state index in [2.05, 4.69) is 9.97 Å². The first-order valence-corrected chi connectivity index (χ1v) is 9.75. The van der Waals surface area contributed by atoms with Gasteiger partial charge < -0.3 is 9.47 Å². The smallest absolute Gasteiger partial charge is 0.265 e. The van der Waals surface area contributed by atoms with Gasteiger partial charge in [-0.25, -0.2) is 31.5 Å². The van der Waals surface area contributed by atoms with Gasteiger partial charge in [0.15, 0.2) is 11.6 Å². The molecule has 29 heavy (non-hydrogen) atoms. The predicted octanol–water partition coefficient (Wildman–Crippen LogP) is 3.17. The number of rotatable bonds is 7. The van der Waals surface area contributed by atoms with E-state index in [1.807, 2.05) is 0 Å². The van der Waals surface area contributed by atoms with Gasteiger partial charge in [0.2, 0.25) is 0 Å². The summed E-state index contributed by atoms with van der Waals surface area (Å²) in [5.74, 6) is -1.43. The van der Waals surface area contributed by atoms with Crippen LogP contribution >= 0.6 is 0 Å². The molecular weight excluding hydrogens is 404 g/mol. The SMILES string of the molecule is COc1ccc(CN(c2ccncn2)S(=O)(=O)c2ccc(F)c(F)c2)c(OC)c1. The molecule has 0 fully saturated rings. The maximum Gasteiger partial charge on any atom is 0.265 e. The molecule has 0 atom stereocenters. The zero-order valence-corrected chi connectivity index (χ0v) is 16.4. The van der Waals surface area contributed by atoms with Crippen LogP contribution in [-0.4, -0.2) is 32.6 Å². The Balaban J connectivity index is 2.10. The van der Waals surface area contributed by atoms with E-state index in [0.29, 0.717) is 23.1 Å². The van der Waals surface area contributed by atoms with Crippen LogP contribution in [0.3, 0.4) is 0 Å². The lowest BCUT2D eigenvalue weighted by Crippen LogP contribution is -2.31. The summed E-state index contributed by atoms with van der Waals surface area (Å²) in [5.41, 5.74) is 0.512. The standard InChI is InChI=1S/C19H17F2N3O4S/c1-27-14-4-3-13(18(9-14)28-2)11-24(19-7-8-22-12-23-19)29(25,26)15-5-6-16(20)17(21)10-15/h3-10,12H,11H2,1-2H3. The lowest BCUT2D eigenvalue weighted by Gasteiger charge is -2.24. The third-order valence-electron chi connectivity index (χ3n) is 4.11. The molecule has 10 heteroatoms. The van der Waals surface area contributed by atoms with Crippen molar-refractivity contribution in [3.8, 4) is 11.5 Å². The molecule has 7 nitrogen and oxygen atoms in total. The van der Waals surface area contributed by atoms with Crippen LogP contribution in [-0.2, 0) is 16.6 Å². The number of nitrogens with zero attached hydrogens (tertiary/aromatic N) is 3. The molecule has 1 aromatic heterocycles. The summed E-state index contributed by atoms with van der Waals surface area (Å²) >= 11 is 0. The molecule has 3 rings (SSSR count). The van der Waals surface area contributed by atoms with Crippen LogP contribution in [0.2, 0.25) is 0 Å². The zero-order valence-electron chi connectivity index (χ0n) is 15.5. The molecule has 0 N–H and O–H groups in total. The highest BCUT2D eigenvalue weighted by atomic mass is 32.2. The fourth-order valence-corrected chi connectivity index (χ4v) is 4.03. The zero-order chi connectivity index (χ0) is 21.0. The third-order valence-corrected chi connectivity index (χ3v) is 5.86. The summed E-state index contributed by atoms with van der Waals surface area (Å²) in [5, 5.41) is 0. The van der Waals surface area contributed by atoms with Crippen LogP contribution in [0.1, 0.15) is 5.56 Å². The molecule has 152 valence electrons. The normalized spacial score (nSPS) is 11.2. The minimum Gasteiger partial charge on any atom is -0.497 e. The van der Waals surface area contributed by atoms with Crippen molar-refractivity contribution in [2.24, 2.45) is 0 Å². The van der Waals surface area contributed by atoms with E-state index in [9.17, 15) is 17.2 Å². The predicted molar refractivity (Wildman–Crippen MR) is 101 cm³/mol. The molecule has 3 aromatic rings. The number of hydrogen-bond donors (Lipinski definition) is 0. The van der Waals surface area contributed by atoms with Gasteiger partial charge >= 0.3 is 0 Å². The number of sulfonamides is 1.